The molecule has 5 nitrogen and oxygen atoms in total. The standard InChI is InChI=1S/C12H15NO4/c1-2-5-17-12(16)9(13)6-8-3-4-10(14)11(15)7-8/h2-4,7,9,14-15H,1,5-6,13H2. The Morgan fingerprint density at radius 2 is 2.18 bits per heavy atom. The summed E-state index contributed by atoms with van der Waals surface area (Å²) < 4.78 is 4.79. The van der Waals surface area contributed by atoms with Gasteiger partial charge in [0.1, 0.15) is 12.6 Å². The molecule has 1 atom stereocenters. The highest BCUT2D eigenvalue weighted by Crippen LogP contribution is 2.25. The van der Waals surface area contributed by atoms with Gasteiger partial charge in [-0.2, -0.15) is 0 Å². The number of benzene rings is 1. The van der Waals surface area contributed by atoms with Crippen LogP contribution in [0.1, 0.15) is 5.56 Å². The van der Waals surface area contributed by atoms with Crippen LogP contribution in [0, 0.1) is 0 Å². The van der Waals surface area contributed by atoms with Gasteiger partial charge < -0.3 is 20.7 Å². The summed E-state index contributed by atoms with van der Waals surface area (Å²) >= 11 is 0. The molecule has 0 fully saturated rings. The van der Waals surface area contributed by atoms with Crippen molar-refractivity contribution < 1.29 is 19.7 Å². The predicted molar refractivity (Wildman–Crippen MR) is 62.6 cm³/mol. The van der Waals surface area contributed by atoms with Crippen LogP contribution in [0.2, 0.25) is 0 Å². The minimum Gasteiger partial charge on any atom is -0.504 e. The molecule has 0 heterocycles. The van der Waals surface area contributed by atoms with Crippen molar-refractivity contribution in [1.82, 2.24) is 0 Å². The Hall–Kier alpha value is -2.01. The number of hydrogen-bond acceptors (Lipinski definition) is 5. The molecule has 0 bridgehead atoms. The number of carbonyl (C=O) groups excluding carboxylic acids is 1. The monoisotopic (exact) mass is 237 g/mol. The molecule has 0 saturated heterocycles. The number of nitrogens with two attached hydrogens (primary N) is 1. The zero-order valence-electron chi connectivity index (χ0n) is 9.30. The smallest absolute Gasteiger partial charge is 0.323 e. The molecule has 1 aromatic rings. The fourth-order valence-electron chi connectivity index (χ4n) is 1.28. The third kappa shape index (κ3) is 3.81. The number of carbonyl (C=O) groups is 1. The summed E-state index contributed by atoms with van der Waals surface area (Å²) in [7, 11) is 0. The Labute approximate surface area is 99.1 Å². The third-order valence-corrected chi connectivity index (χ3v) is 2.14. The minimum absolute atomic E-state index is 0.118. The predicted octanol–water partition coefficient (Wildman–Crippen LogP) is 0.697. The molecule has 1 rings (SSSR count). The Balaban J connectivity index is 2.61. The molecular formula is C12H15NO4. The molecule has 4 N–H and O–H groups in total. The number of phenols is 2. The Bertz CT molecular complexity index is 417. The third-order valence-electron chi connectivity index (χ3n) is 2.14. The maximum atomic E-state index is 11.4. The van der Waals surface area contributed by atoms with Crippen LogP contribution in [0.25, 0.3) is 0 Å². The first kappa shape index (κ1) is 13.1. The average molecular weight is 237 g/mol. The lowest BCUT2D eigenvalue weighted by atomic mass is 10.1. The van der Waals surface area contributed by atoms with Gasteiger partial charge in [-0.05, 0) is 24.1 Å². The van der Waals surface area contributed by atoms with E-state index in [2.05, 4.69) is 6.58 Å². The van der Waals surface area contributed by atoms with Crippen molar-refractivity contribution in [3.05, 3.63) is 36.4 Å². The van der Waals surface area contributed by atoms with E-state index >= 15 is 0 Å². The van der Waals surface area contributed by atoms with Crippen LogP contribution >= 0.6 is 0 Å². The summed E-state index contributed by atoms with van der Waals surface area (Å²) in [5.74, 6) is -0.983. The summed E-state index contributed by atoms with van der Waals surface area (Å²) in [5, 5.41) is 18.4. The second-order valence-electron chi connectivity index (χ2n) is 3.55. The summed E-state index contributed by atoms with van der Waals surface area (Å²) in [4.78, 5) is 11.4. The lowest BCUT2D eigenvalue weighted by molar-refractivity contribution is -0.143. The van der Waals surface area contributed by atoms with Crippen molar-refractivity contribution >= 4 is 5.97 Å². The summed E-state index contributed by atoms with van der Waals surface area (Å²) in [5.41, 5.74) is 6.27. The SMILES string of the molecule is C=CCOC(=O)C(N)Cc1ccc(O)c(O)c1. The summed E-state index contributed by atoms with van der Waals surface area (Å²) in [6.07, 6.45) is 1.68. The highest BCUT2D eigenvalue weighted by Gasteiger charge is 2.15. The van der Waals surface area contributed by atoms with Crippen LogP contribution in [0.5, 0.6) is 11.5 Å². The molecular weight excluding hydrogens is 222 g/mol. The van der Waals surface area contributed by atoms with E-state index < -0.39 is 12.0 Å². The maximum Gasteiger partial charge on any atom is 0.323 e. The summed E-state index contributed by atoms with van der Waals surface area (Å²) in [6.45, 7) is 3.54. The Morgan fingerprint density at radius 1 is 1.47 bits per heavy atom. The van der Waals surface area contributed by atoms with Gasteiger partial charge in [0.2, 0.25) is 0 Å². The van der Waals surface area contributed by atoms with Crippen molar-refractivity contribution in [2.45, 2.75) is 12.5 Å². The lowest BCUT2D eigenvalue weighted by Gasteiger charge is -2.11. The van der Waals surface area contributed by atoms with Gasteiger partial charge in [0.05, 0.1) is 0 Å². The Kier molecular flexibility index (Phi) is 4.54. The number of esters is 1. The molecule has 0 saturated carbocycles. The topological polar surface area (TPSA) is 92.8 Å². The first-order valence-corrected chi connectivity index (χ1v) is 5.08. The van der Waals surface area contributed by atoms with Crippen LogP contribution < -0.4 is 5.73 Å². The number of ether oxygens (including phenoxy) is 1. The number of aromatic hydroxyl groups is 2. The zero-order valence-corrected chi connectivity index (χ0v) is 9.30. The van der Waals surface area contributed by atoms with Crippen LogP contribution in [0.4, 0.5) is 0 Å². The zero-order chi connectivity index (χ0) is 12.8. The van der Waals surface area contributed by atoms with Crippen LogP contribution in [-0.4, -0.2) is 28.8 Å². The maximum absolute atomic E-state index is 11.4. The van der Waals surface area contributed by atoms with Gasteiger partial charge in [0.15, 0.2) is 11.5 Å². The molecule has 0 radical (unpaired) electrons. The molecule has 0 aliphatic heterocycles. The van der Waals surface area contributed by atoms with Gasteiger partial charge in [0.25, 0.3) is 0 Å². The van der Waals surface area contributed by atoms with E-state index in [0.717, 1.165) is 0 Å². The highest BCUT2D eigenvalue weighted by molar-refractivity contribution is 5.76. The lowest BCUT2D eigenvalue weighted by Crippen LogP contribution is -2.34. The molecule has 92 valence electrons. The van der Waals surface area contributed by atoms with Crippen LogP contribution in [0.15, 0.2) is 30.9 Å². The normalized spacial score (nSPS) is 11.8. The highest BCUT2D eigenvalue weighted by atomic mass is 16.5. The average Bonchev–Trinajstić information content (AvgIpc) is 2.30. The van der Waals surface area contributed by atoms with Crippen molar-refractivity contribution in [3.8, 4) is 11.5 Å². The van der Waals surface area contributed by atoms with Gasteiger partial charge in [-0.25, -0.2) is 0 Å². The molecule has 0 aliphatic rings. The van der Waals surface area contributed by atoms with Crippen LogP contribution in [0.3, 0.4) is 0 Å². The van der Waals surface area contributed by atoms with E-state index in [1.807, 2.05) is 0 Å². The first-order valence-electron chi connectivity index (χ1n) is 5.08. The fourth-order valence-corrected chi connectivity index (χ4v) is 1.28. The molecule has 0 spiro atoms. The van der Waals surface area contributed by atoms with Gasteiger partial charge in [-0.3, -0.25) is 4.79 Å². The largest absolute Gasteiger partial charge is 0.504 e. The number of rotatable bonds is 5. The van der Waals surface area contributed by atoms with E-state index in [4.69, 9.17) is 15.6 Å². The van der Waals surface area contributed by atoms with Crippen LogP contribution in [-0.2, 0) is 16.0 Å². The van der Waals surface area contributed by atoms with Gasteiger partial charge in [-0.15, -0.1) is 0 Å². The van der Waals surface area contributed by atoms with E-state index in [1.165, 1.54) is 18.2 Å². The molecule has 0 aliphatic carbocycles. The summed E-state index contributed by atoms with van der Waals surface area (Å²) in [6, 6.07) is 3.47. The Morgan fingerprint density at radius 3 is 2.76 bits per heavy atom. The minimum atomic E-state index is -0.807. The van der Waals surface area contributed by atoms with Gasteiger partial charge >= 0.3 is 5.97 Å². The molecule has 1 unspecified atom stereocenters. The van der Waals surface area contributed by atoms with Gasteiger partial charge in [-0.1, -0.05) is 18.7 Å². The number of hydrogen-bond donors (Lipinski definition) is 3. The molecule has 5 heteroatoms. The van der Waals surface area contributed by atoms with E-state index in [0.29, 0.717) is 5.56 Å². The molecule has 1 aromatic carbocycles. The molecule has 0 amide bonds. The van der Waals surface area contributed by atoms with Crippen molar-refractivity contribution in [2.75, 3.05) is 6.61 Å². The van der Waals surface area contributed by atoms with Gasteiger partial charge in [0, 0.05) is 0 Å². The van der Waals surface area contributed by atoms with E-state index in [-0.39, 0.29) is 24.5 Å². The second kappa shape index (κ2) is 5.91. The van der Waals surface area contributed by atoms with E-state index in [9.17, 15) is 9.90 Å². The quantitative estimate of drug-likeness (QED) is 0.398. The van der Waals surface area contributed by atoms with Crippen molar-refractivity contribution in [3.63, 3.8) is 0 Å². The van der Waals surface area contributed by atoms with E-state index in [1.54, 1.807) is 6.07 Å². The molecule has 17 heavy (non-hydrogen) atoms. The molecule has 0 aromatic heterocycles. The number of phenolic OH excluding ortho intramolecular Hbond substituents is 2. The first-order chi connectivity index (χ1) is 8.04. The van der Waals surface area contributed by atoms with Crippen molar-refractivity contribution in [1.29, 1.82) is 0 Å². The second-order valence-corrected chi connectivity index (χ2v) is 3.55. The fraction of sp³-hybridized carbons (Fsp3) is 0.250. The van der Waals surface area contributed by atoms with Crippen molar-refractivity contribution in [2.24, 2.45) is 5.73 Å².